The van der Waals surface area contributed by atoms with Crippen LogP contribution >= 0.6 is 11.6 Å². The fourth-order valence-corrected chi connectivity index (χ4v) is 9.00. The molecule has 0 bridgehead atoms. The molecule has 4 heteroatoms. The van der Waals surface area contributed by atoms with Crippen LogP contribution in [0.3, 0.4) is 0 Å². The summed E-state index contributed by atoms with van der Waals surface area (Å²) < 4.78 is 2.50. The van der Waals surface area contributed by atoms with Crippen LogP contribution in [0.1, 0.15) is 84.3 Å². The molecule has 2 heterocycles. The summed E-state index contributed by atoms with van der Waals surface area (Å²) in [6, 6.07) is 26.8. The summed E-state index contributed by atoms with van der Waals surface area (Å²) in [5.41, 5.74) is 16.4. The molecule has 0 fully saturated rings. The second-order valence-corrected chi connectivity index (χ2v) is 15.4. The van der Waals surface area contributed by atoms with Gasteiger partial charge in [0.25, 0.3) is 0 Å². The molecule has 0 aromatic heterocycles. The zero-order valence-corrected chi connectivity index (χ0v) is 30.7. The monoisotopic (exact) mass is 668 g/mol. The van der Waals surface area contributed by atoms with E-state index >= 15 is 0 Å². The first kappa shape index (κ1) is 33.6. The fraction of sp³-hybridized carbons (Fsp3) is 0.356. The van der Waals surface area contributed by atoms with E-state index in [1.54, 1.807) is 0 Å². The Morgan fingerprint density at radius 3 is 2.20 bits per heavy atom. The molecule has 7 rings (SSSR count). The molecule has 0 amide bonds. The average molecular weight is 669 g/mol. The third-order valence-electron chi connectivity index (χ3n) is 11.2. The van der Waals surface area contributed by atoms with Gasteiger partial charge in [-0.3, -0.25) is 0 Å². The Morgan fingerprint density at radius 1 is 0.796 bits per heavy atom. The van der Waals surface area contributed by atoms with Gasteiger partial charge in [0.05, 0.1) is 5.41 Å². The molecular weight excluding hydrogens is 618 g/mol. The molecule has 4 aromatic carbocycles. The Morgan fingerprint density at radius 2 is 1.49 bits per heavy atom. The Kier molecular flexibility index (Phi) is 9.19. The highest BCUT2D eigenvalue weighted by Crippen LogP contribution is 2.51. The number of unbranched alkanes of at least 4 members (excludes halogenated alkanes) is 1. The highest BCUT2D eigenvalue weighted by atomic mass is 35.5. The molecule has 0 unspecified atom stereocenters. The summed E-state index contributed by atoms with van der Waals surface area (Å²) in [7, 11) is 0. The summed E-state index contributed by atoms with van der Waals surface area (Å²) in [5.74, 6) is 0. The first-order valence-corrected chi connectivity index (χ1v) is 18.7. The fourth-order valence-electron chi connectivity index (χ4n) is 8.69. The maximum absolute atomic E-state index is 7.31. The quantitative estimate of drug-likeness (QED) is 0.180. The Labute approximate surface area is 298 Å². The predicted molar refractivity (Wildman–Crippen MR) is 212 cm³/mol. The van der Waals surface area contributed by atoms with Crippen LogP contribution in [0.4, 0.5) is 11.4 Å². The van der Waals surface area contributed by atoms with E-state index in [2.05, 4.69) is 141 Å². The van der Waals surface area contributed by atoms with Crippen LogP contribution in [-0.2, 0) is 10.8 Å². The van der Waals surface area contributed by atoms with Crippen LogP contribution < -0.4 is 10.6 Å². The molecule has 4 aromatic rings. The largest absolute Gasteiger partial charge is 0.344 e. The minimum atomic E-state index is -0.152. The van der Waals surface area contributed by atoms with Crippen LogP contribution in [0.5, 0.6) is 0 Å². The van der Waals surface area contributed by atoms with Crippen molar-refractivity contribution in [2.75, 3.05) is 24.5 Å². The number of anilines is 1. The summed E-state index contributed by atoms with van der Waals surface area (Å²) in [4.78, 5) is 2.57. The van der Waals surface area contributed by atoms with Crippen molar-refractivity contribution in [3.05, 3.63) is 130 Å². The molecule has 0 atom stereocenters. The Bertz CT molecular complexity index is 2090. The number of nitrogens with two attached hydrogens (primary N) is 1. The van der Waals surface area contributed by atoms with Gasteiger partial charge in [0.15, 0.2) is 12.3 Å². The van der Waals surface area contributed by atoms with Crippen molar-refractivity contribution in [1.82, 2.24) is 0 Å². The molecule has 0 spiro atoms. The maximum atomic E-state index is 7.31. The van der Waals surface area contributed by atoms with Crippen molar-refractivity contribution in [3.63, 3.8) is 0 Å². The molecule has 0 saturated heterocycles. The minimum Gasteiger partial charge on any atom is -0.344 e. The van der Waals surface area contributed by atoms with Crippen molar-refractivity contribution >= 4 is 50.2 Å². The van der Waals surface area contributed by atoms with Gasteiger partial charge in [0.1, 0.15) is 0 Å². The second-order valence-electron chi connectivity index (χ2n) is 15.1. The topological polar surface area (TPSA) is 32.3 Å². The van der Waals surface area contributed by atoms with E-state index < -0.39 is 0 Å². The zero-order chi connectivity index (χ0) is 34.3. The lowest BCUT2D eigenvalue weighted by molar-refractivity contribution is -0.437. The van der Waals surface area contributed by atoms with Crippen molar-refractivity contribution in [2.45, 2.75) is 84.0 Å². The van der Waals surface area contributed by atoms with Crippen LogP contribution in [-0.4, -0.2) is 29.9 Å². The third-order valence-corrected chi connectivity index (χ3v) is 11.7. The van der Waals surface area contributed by atoms with Gasteiger partial charge < -0.3 is 10.6 Å². The normalized spacial score (nSPS) is 20.1. The number of nitrogens with zero attached hydrogens (tertiary/aromatic N) is 2. The Balaban J connectivity index is 1.26. The van der Waals surface area contributed by atoms with Gasteiger partial charge in [0.2, 0.25) is 5.69 Å². The van der Waals surface area contributed by atoms with Gasteiger partial charge in [0, 0.05) is 52.5 Å². The van der Waals surface area contributed by atoms with Crippen LogP contribution in [0.25, 0.3) is 21.5 Å². The molecule has 2 N–H and O–H groups in total. The molecule has 2 aliphatic heterocycles. The van der Waals surface area contributed by atoms with Crippen LogP contribution in [0.15, 0.2) is 119 Å². The lowest BCUT2D eigenvalue weighted by Crippen LogP contribution is -2.28. The Hall–Kier alpha value is -3.92. The van der Waals surface area contributed by atoms with E-state index in [4.69, 9.17) is 17.3 Å². The number of hydrogen-bond donors (Lipinski definition) is 1. The van der Waals surface area contributed by atoms with Gasteiger partial charge in [-0.2, -0.15) is 4.58 Å². The van der Waals surface area contributed by atoms with Gasteiger partial charge in [-0.25, -0.2) is 0 Å². The molecular formula is C45H51ClN3+. The van der Waals surface area contributed by atoms with Gasteiger partial charge >= 0.3 is 0 Å². The molecule has 0 saturated carbocycles. The molecule has 252 valence electrons. The number of rotatable bonds is 9. The van der Waals surface area contributed by atoms with Crippen LogP contribution in [0.2, 0.25) is 0 Å². The standard InChI is InChI=1S/C45H51ClN3/c1-6-7-29-48-37-24-20-31-14-8-10-18-35(31)41(37)44(2,3)39(48)26-22-33-16-12-17-34(43(33)46)23-27-40-45(4,5)42-36-19-11-9-15-32(36)21-25-38(42)49(40)30-13-28-47/h8-11,14-15,18-27H,6-7,12-13,16-17,28-30,47H2,1-5H3/q+1. The van der Waals surface area contributed by atoms with Crippen molar-refractivity contribution in [3.8, 4) is 0 Å². The molecule has 1 aliphatic carbocycles. The van der Waals surface area contributed by atoms with E-state index in [-0.39, 0.29) is 10.8 Å². The van der Waals surface area contributed by atoms with E-state index in [0.717, 1.165) is 50.2 Å². The second kappa shape index (κ2) is 13.4. The SMILES string of the molecule is CCCCN1/C(=C/C=C2\CCCC(/C=C/C3=[N+](CCCN)c4ccc5ccccc5c4C3(C)C)=C2Cl)C(C)(C)c2c1ccc1ccccc21. The maximum Gasteiger partial charge on any atom is 0.210 e. The highest BCUT2D eigenvalue weighted by molar-refractivity contribution is 6.32. The minimum absolute atomic E-state index is 0.120. The summed E-state index contributed by atoms with van der Waals surface area (Å²) >= 11 is 7.31. The summed E-state index contributed by atoms with van der Waals surface area (Å²) in [6.07, 6.45) is 15.7. The number of hydrogen-bond acceptors (Lipinski definition) is 2. The van der Waals surface area contributed by atoms with Crippen molar-refractivity contribution in [2.24, 2.45) is 5.73 Å². The first-order valence-electron chi connectivity index (χ1n) is 18.3. The van der Waals surface area contributed by atoms with E-state index in [0.29, 0.717) is 6.54 Å². The number of benzene rings is 4. The molecule has 3 nitrogen and oxygen atoms in total. The summed E-state index contributed by atoms with van der Waals surface area (Å²) in [5, 5.41) is 6.19. The summed E-state index contributed by atoms with van der Waals surface area (Å²) in [6.45, 7) is 14.4. The van der Waals surface area contributed by atoms with Gasteiger partial charge in [-0.05, 0) is 103 Å². The van der Waals surface area contributed by atoms with Crippen LogP contribution in [0, 0.1) is 0 Å². The van der Waals surface area contributed by atoms with Gasteiger partial charge in [-0.15, -0.1) is 0 Å². The van der Waals surface area contributed by atoms with E-state index in [9.17, 15) is 0 Å². The molecule has 0 radical (unpaired) electrons. The van der Waals surface area contributed by atoms with Crippen molar-refractivity contribution in [1.29, 1.82) is 0 Å². The lowest BCUT2D eigenvalue weighted by atomic mass is 9.78. The van der Waals surface area contributed by atoms with Gasteiger partial charge in [-0.1, -0.05) is 106 Å². The smallest absolute Gasteiger partial charge is 0.210 e. The lowest BCUT2D eigenvalue weighted by Gasteiger charge is -2.27. The third kappa shape index (κ3) is 5.79. The molecule has 3 aliphatic rings. The predicted octanol–water partition coefficient (Wildman–Crippen LogP) is 11.4. The average Bonchev–Trinajstić information content (AvgIpc) is 3.46. The highest BCUT2D eigenvalue weighted by Gasteiger charge is 2.45. The zero-order valence-electron chi connectivity index (χ0n) is 30.0. The number of allylic oxidation sites excluding steroid dienone is 8. The van der Waals surface area contributed by atoms with Crippen molar-refractivity contribution < 1.29 is 4.58 Å². The number of halogens is 1. The van der Waals surface area contributed by atoms with E-state index in [1.807, 2.05) is 0 Å². The number of fused-ring (bicyclic) bond motifs is 6. The first-order chi connectivity index (χ1) is 23.7. The van der Waals surface area contributed by atoms with E-state index in [1.165, 1.54) is 73.0 Å². The molecule has 49 heavy (non-hydrogen) atoms.